The van der Waals surface area contributed by atoms with Crippen LogP contribution >= 0.6 is 11.3 Å². The molecule has 7 rings (SSSR count). The topological polar surface area (TPSA) is 58.0 Å². The minimum Gasteiger partial charge on any atom is -0.354 e. The van der Waals surface area contributed by atoms with Gasteiger partial charge in [0.1, 0.15) is 6.33 Å². The smallest absolute Gasteiger partial charge is 0.158 e. The molecule has 2 saturated heterocycles. The number of aryl methyl sites for hydroxylation is 1. The van der Waals surface area contributed by atoms with E-state index in [9.17, 15) is 0 Å². The van der Waals surface area contributed by atoms with E-state index >= 15 is 0 Å². The third kappa shape index (κ3) is 2.69. The molecule has 4 aromatic heterocycles. The molecule has 6 heterocycles. The number of H-pyrrole nitrogens is 1. The molecule has 1 saturated carbocycles. The molecule has 0 radical (unpaired) electrons. The predicted octanol–water partition coefficient (Wildman–Crippen LogP) is 5.23. The van der Waals surface area contributed by atoms with Crippen molar-refractivity contribution < 1.29 is 0 Å². The van der Waals surface area contributed by atoms with Crippen molar-refractivity contribution in [2.45, 2.75) is 57.9 Å². The highest BCUT2D eigenvalue weighted by Crippen LogP contribution is 2.47. The molecule has 2 aliphatic heterocycles. The Labute approximate surface area is 174 Å². The largest absolute Gasteiger partial charge is 0.354 e. The second kappa shape index (κ2) is 6.41. The van der Waals surface area contributed by atoms with E-state index in [0.717, 1.165) is 29.1 Å². The summed E-state index contributed by atoms with van der Waals surface area (Å²) >= 11 is 2.03. The van der Waals surface area contributed by atoms with Crippen LogP contribution in [0.2, 0.25) is 0 Å². The normalized spacial score (nSPS) is 24.3. The monoisotopic (exact) mass is 405 g/mol. The second-order valence-corrected chi connectivity index (χ2v) is 10.3. The molecule has 3 fully saturated rings. The standard InChI is InChI=1S/C23H27N5S/c1-12(2)20-21(15-6-13(3)23-25-11-26-28(23)10-15)27-18-8-19(29-22(18)20)17-7-16-5-4-14(17)9-24-16/h6,8,10-12,14,16-17,24,27H,4-5,7,9H2,1-3H3. The first-order valence-corrected chi connectivity index (χ1v) is 11.6. The molecular weight excluding hydrogens is 378 g/mol. The van der Waals surface area contributed by atoms with E-state index in [-0.39, 0.29) is 0 Å². The maximum absolute atomic E-state index is 4.37. The summed E-state index contributed by atoms with van der Waals surface area (Å²) in [6.07, 6.45) is 7.77. The summed E-state index contributed by atoms with van der Waals surface area (Å²) in [5, 5.41) is 8.07. The zero-order valence-corrected chi connectivity index (χ0v) is 18.0. The lowest BCUT2D eigenvalue weighted by Crippen LogP contribution is -2.47. The highest BCUT2D eigenvalue weighted by molar-refractivity contribution is 7.19. The minimum absolute atomic E-state index is 0.460. The molecule has 2 bridgehead atoms. The molecule has 3 atom stereocenters. The number of piperidine rings is 2. The van der Waals surface area contributed by atoms with Gasteiger partial charge in [-0.25, -0.2) is 9.50 Å². The fourth-order valence-corrected chi connectivity index (χ4v) is 7.06. The summed E-state index contributed by atoms with van der Waals surface area (Å²) < 4.78 is 3.33. The van der Waals surface area contributed by atoms with Crippen LogP contribution in [0.4, 0.5) is 0 Å². The fourth-order valence-electron chi connectivity index (χ4n) is 5.54. The van der Waals surface area contributed by atoms with Gasteiger partial charge in [-0.3, -0.25) is 0 Å². The van der Waals surface area contributed by atoms with Crippen molar-refractivity contribution in [1.82, 2.24) is 24.9 Å². The van der Waals surface area contributed by atoms with Crippen molar-refractivity contribution >= 4 is 27.2 Å². The Morgan fingerprint density at radius 3 is 2.86 bits per heavy atom. The molecule has 1 aliphatic carbocycles. The van der Waals surface area contributed by atoms with E-state index in [4.69, 9.17) is 0 Å². The molecule has 0 spiro atoms. The van der Waals surface area contributed by atoms with Crippen LogP contribution in [0.3, 0.4) is 0 Å². The van der Waals surface area contributed by atoms with Crippen LogP contribution < -0.4 is 5.32 Å². The van der Waals surface area contributed by atoms with Gasteiger partial charge >= 0.3 is 0 Å². The van der Waals surface area contributed by atoms with E-state index in [1.165, 1.54) is 52.8 Å². The number of nitrogens with zero attached hydrogens (tertiary/aromatic N) is 3. The lowest BCUT2D eigenvalue weighted by Gasteiger charge is -2.42. The van der Waals surface area contributed by atoms with E-state index < -0.39 is 0 Å². The molecule has 4 aromatic rings. The van der Waals surface area contributed by atoms with Crippen LogP contribution in [0.15, 0.2) is 24.7 Å². The van der Waals surface area contributed by atoms with Gasteiger partial charge in [0.05, 0.1) is 15.9 Å². The number of pyridine rings is 1. The number of fused-ring (bicyclic) bond motifs is 5. The third-order valence-corrected chi connectivity index (χ3v) is 8.28. The van der Waals surface area contributed by atoms with Crippen LogP contribution in [-0.2, 0) is 0 Å². The van der Waals surface area contributed by atoms with Crippen molar-refractivity contribution in [2.24, 2.45) is 5.92 Å². The van der Waals surface area contributed by atoms with Crippen molar-refractivity contribution in [2.75, 3.05) is 6.54 Å². The molecule has 150 valence electrons. The Morgan fingerprint density at radius 1 is 1.24 bits per heavy atom. The Bertz CT molecular complexity index is 1210. The zero-order valence-electron chi connectivity index (χ0n) is 17.2. The maximum atomic E-state index is 4.37. The Kier molecular flexibility index (Phi) is 3.90. The second-order valence-electron chi connectivity index (χ2n) is 9.18. The molecule has 3 unspecified atom stereocenters. The zero-order chi connectivity index (χ0) is 19.7. The Balaban J connectivity index is 1.47. The van der Waals surface area contributed by atoms with E-state index in [0.29, 0.717) is 5.92 Å². The Morgan fingerprint density at radius 2 is 2.14 bits per heavy atom. The first kappa shape index (κ1) is 17.7. The number of thiophene rings is 1. The maximum Gasteiger partial charge on any atom is 0.158 e. The SMILES string of the molecule is Cc1cc(-c2[nH]c3cc(C4CC5CCC4CN5)sc3c2C(C)C)cn2ncnc12. The minimum atomic E-state index is 0.460. The van der Waals surface area contributed by atoms with Crippen molar-refractivity contribution in [3.05, 3.63) is 40.7 Å². The summed E-state index contributed by atoms with van der Waals surface area (Å²) in [5.74, 6) is 2.00. The van der Waals surface area contributed by atoms with Crippen LogP contribution in [0.5, 0.6) is 0 Å². The lowest BCUT2D eigenvalue weighted by atomic mass is 9.72. The van der Waals surface area contributed by atoms with Gasteiger partial charge in [0.25, 0.3) is 0 Å². The number of rotatable bonds is 3. The van der Waals surface area contributed by atoms with Gasteiger partial charge in [-0.05, 0) is 73.7 Å². The molecule has 0 aromatic carbocycles. The lowest BCUT2D eigenvalue weighted by molar-refractivity contribution is 0.182. The highest BCUT2D eigenvalue weighted by atomic mass is 32.1. The molecule has 29 heavy (non-hydrogen) atoms. The van der Waals surface area contributed by atoms with Crippen molar-refractivity contribution in [3.8, 4) is 11.3 Å². The Hall–Kier alpha value is -2.18. The summed E-state index contributed by atoms with van der Waals surface area (Å²) in [6, 6.07) is 5.41. The number of hydrogen-bond acceptors (Lipinski definition) is 4. The fraction of sp³-hybridized carbons (Fsp3) is 0.478. The number of aromatic nitrogens is 4. The summed E-state index contributed by atoms with van der Waals surface area (Å²) in [7, 11) is 0. The van der Waals surface area contributed by atoms with Gasteiger partial charge in [-0.1, -0.05) is 13.8 Å². The predicted molar refractivity (Wildman–Crippen MR) is 119 cm³/mol. The van der Waals surface area contributed by atoms with Crippen LogP contribution in [0, 0.1) is 12.8 Å². The molecule has 6 heteroatoms. The molecule has 5 nitrogen and oxygen atoms in total. The first-order chi connectivity index (χ1) is 14.1. The molecule has 0 amide bonds. The van der Waals surface area contributed by atoms with Crippen LogP contribution in [-0.4, -0.2) is 32.2 Å². The van der Waals surface area contributed by atoms with Gasteiger partial charge in [0, 0.05) is 22.7 Å². The van der Waals surface area contributed by atoms with Crippen LogP contribution in [0.1, 0.15) is 60.9 Å². The molecule has 2 N–H and O–H groups in total. The van der Waals surface area contributed by atoms with Crippen molar-refractivity contribution in [1.29, 1.82) is 0 Å². The number of aromatic amines is 1. The average molecular weight is 406 g/mol. The highest BCUT2D eigenvalue weighted by Gasteiger charge is 2.37. The van der Waals surface area contributed by atoms with Crippen LogP contribution in [0.25, 0.3) is 27.1 Å². The van der Waals surface area contributed by atoms with E-state index in [1.807, 2.05) is 15.9 Å². The van der Waals surface area contributed by atoms with Gasteiger partial charge in [-0.15, -0.1) is 11.3 Å². The van der Waals surface area contributed by atoms with Gasteiger partial charge in [0.15, 0.2) is 5.65 Å². The summed E-state index contributed by atoms with van der Waals surface area (Å²) in [5.41, 5.74) is 7.24. The van der Waals surface area contributed by atoms with E-state index in [1.54, 1.807) is 11.2 Å². The van der Waals surface area contributed by atoms with E-state index in [2.05, 4.69) is 59.5 Å². The van der Waals surface area contributed by atoms with Gasteiger partial charge in [0.2, 0.25) is 0 Å². The third-order valence-electron chi connectivity index (χ3n) is 6.98. The number of hydrogen-bond donors (Lipinski definition) is 2. The first-order valence-electron chi connectivity index (χ1n) is 10.8. The summed E-state index contributed by atoms with van der Waals surface area (Å²) in [6.45, 7) is 7.91. The number of nitrogens with one attached hydrogen (secondary N) is 2. The molecular formula is C23H27N5S. The van der Waals surface area contributed by atoms with Crippen molar-refractivity contribution in [3.63, 3.8) is 0 Å². The van der Waals surface area contributed by atoms with Gasteiger partial charge in [-0.2, -0.15) is 5.10 Å². The summed E-state index contributed by atoms with van der Waals surface area (Å²) in [4.78, 5) is 9.73. The van der Waals surface area contributed by atoms with Gasteiger partial charge < -0.3 is 10.3 Å². The molecule has 3 aliphatic rings. The quantitative estimate of drug-likeness (QED) is 0.491. The average Bonchev–Trinajstić information content (AvgIpc) is 3.42.